The normalized spacial score (nSPS) is 14.1. The van der Waals surface area contributed by atoms with E-state index in [0.29, 0.717) is 24.2 Å². The molecule has 1 aromatic rings. The Morgan fingerprint density at radius 2 is 2.19 bits per heavy atom. The van der Waals surface area contributed by atoms with Gasteiger partial charge in [0.25, 0.3) is 0 Å². The van der Waals surface area contributed by atoms with Gasteiger partial charge in [0, 0.05) is 12.8 Å². The van der Waals surface area contributed by atoms with Crippen molar-refractivity contribution >= 4 is 5.97 Å². The number of ether oxygens (including phenoxy) is 2. The molecule has 0 radical (unpaired) electrons. The molecule has 1 aliphatic rings. The number of hydrogen-bond acceptors (Lipinski definition) is 3. The highest BCUT2D eigenvalue weighted by molar-refractivity contribution is 5.90. The summed E-state index contributed by atoms with van der Waals surface area (Å²) in [5.41, 5.74) is 1.66. The van der Waals surface area contributed by atoms with E-state index < -0.39 is 0 Å². The molecule has 0 amide bonds. The van der Waals surface area contributed by atoms with Crippen LogP contribution in [0.2, 0.25) is 0 Å². The molecule has 0 unspecified atom stereocenters. The Bertz CT molecular complexity index is 446. The number of carbonyl (C=O) groups excluding carboxylic acids is 1. The third kappa shape index (κ3) is 1.81. The lowest BCUT2D eigenvalue weighted by molar-refractivity contribution is -0.136. The lowest BCUT2D eigenvalue weighted by Crippen LogP contribution is -2.17. The van der Waals surface area contributed by atoms with Crippen LogP contribution in [0.5, 0.6) is 5.75 Å². The molecule has 0 fully saturated rings. The molecule has 0 aliphatic carbocycles. The maximum absolute atomic E-state index is 11.6. The van der Waals surface area contributed by atoms with Crippen LogP contribution < -0.4 is 4.74 Å². The summed E-state index contributed by atoms with van der Waals surface area (Å²) in [6.45, 7) is 1.96. The number of fused-ring (bicyclic) bond motifs is 1. The van der Waals surface area contributed by atoms with E-state index in [1.54, 1.807) is 0 Å². The maximum atomic E-state index is 11.6. The van der Waals surface area contributed by atoms with Gasteiger partial charge in [-0.25, -0.2) is 4.79 Å². The van der Waals surface area contributed by atoms with E-state index in [4.69, 9.17) is 9.47 Å². The molecule has 16 heavy (non-hydrogen) atoms. The van der Waals surface area contributed by atoms with Gasteiger partial charge >= 0.3 is 5.97 Å². The second kappa shape index (κ2) is 4.39. The average molecular weight is 218 g/mol. The number of para-hydroxylation sites is 1. The Kier molecular flexibility index (Phi) is 2.95. The summed E-state index contributed by atoms with van der Waals surface area (Å²) in [5.74, 6) is 1.25. The zero-order valence-electron chi connectivity index (χ0n) is 9.45. The molecule has 0 bridgehead atoms. The van der Waals surface area contributed by atoms with Gasteiger partial charge in [0.2, 0.25) is 0 Å². The fourth-order valence-corrected chi connectivity index (χ4v) is 1.83. The fourth-order valence-electron chi connectivity index (χ4n) is 1.83. The lowest BCUT2D eigenvalue weighted by Gasteiger charge is -2.21. The second-order valence-corrected chi connectivity index (χ2v) is 3.63. The molecule has 3 heteroatoms. The Labute approximate surface area is 94.7 Å². The largest absolute Gasteiger partial charge is 0.466 e. The van der Waals surface area contributed by atoms with Gasteiger partial charge in [-0.05, 0) is 11.6 Å². The molecule has 0 spiro atoms. The van der Waals surface area contributed by atoms with E-state index in [9.17, 15) is 4.79 Å². The number of esters is 1. The van der Waals surface area contributed by atoms with E-state index >= 15 is 0 Å². The molecule has 0 N–H and O–H groups in total. The fraction of sp³-hybridized carbons (Fsp3) is 0.308. The summed E-state index contributed by atoms with van der Waals surface area (Å²) in [6.07, 6.45) is 1.28. The second-order valence-electron chi connectivity index (χ2n) is 3.63. The minimum Gasteiger partial charge on any atom is -0.466 e. The SMILES string of the molecule is CCC1=C(C(=O)OC)Cc2ccccc2O1. The molecular formula is C13H14O3. The van der Waals surface area contributed by atoms with Crippen molar-refractivity contribution in [2.24, 2.45) is 0 Å². The summed E-state index contributed by atoms with van der Waals surface area (Å²) in [5, 5.41) is 0. The first kappa shape index (κ1) is 10.7. The smallest absolute Gasteiger partial charge is 0.337 e. The van der Waals surface area contributed by atoms with Crippen molar-refractivity contribution in [3.63, 3.8) is 0 Å². The van der Waals surface area contributed by atoms with Crippen molar-refractivity contribution in [1.82, 2.24) is 0 Å². The van der Waals surface area contributed by atoms with E-state index in [0.717, 1.165) is 11.3 Å². The first-order valence-electron chi connectivity index (χ1n) is 5.32. The molecule has 1 aromatic carbocycles. The third-order valence-corrected chi connectivity index (χ3v) is 2.66. The quantitative estimate of drug-likeness (QED) is 0.715. The van der Waals surface area contributed by atoms with Gasteiger partial charge < -0.3 is 9.47 Å². The molecule has 0 saturated carbocycles. The summed E-state index contributed by atoms with van der Waals surface area (Å²) >= 11 is 0. The highest BCUT2D eigenvalue weighted by atomic mass is 16.5. The Balaban J connectivity index is 2.38. The van der Waals surface area contributed by atoms with Crippen LogP contribution in [0.4, 0.5) is 0 Å². The van der Waals surface area contributed by atoms with Crippen molar-refractivity contribution in [2.45, 2.75) is 19.8 Å². The van der Waals surface area contributed by atoms with Gasteiger partial charge in [-0.3, -0.25) is 0 Å². The van der Waals surface area contributed by atoms with Crippen molar-refractivity contribution < 1.29 is 14.3 Å². The summed E-state index contributed by atoms with van der Waals surface area (Å²) in [4.78, 5) is 11.6. The Morgan fingerprint density at radius 3 is 2.88 bits per heavy atom. The van der Waals surface area contributed by atoms with Crippen LogP contribution in [0, 0.1) is 0 Å². The molecule has 84 valence electrons. The van der Waals surface area contributed by atoms with Crippen LogP contribution >= 0.6 is 0 Å². The number of allylic oxidation sites excluding steroid dienone is 1. The zero-order chi connectivity index (χ0) is 11.5. The van der Waals surface area contributed by atoms with Gasteiger partial charge in [-0.1, -0.05) is 25.1 Å². The third-order valence-electron chi connectivity index (χ3n) is 2.66. The van der Waals surface area contributed by atoms with E-state index in [2.05, 4.69) is 0 Å². The average Bonchev–Trinajstić information content (AvgIpc) is 2.36. The summed E-state index contributed by atoms with van der Waals surface area (Å²) in [6, 6.07) is 7.74. The number of hydrogen-bond donors (Lipinski definition) is 0. The van der Waals surface area contributed by atoms with E-state index in [-0.39, 0.29) is 5.97 Å². The summed E-state index contributed by atoms with van der Waals surface area (Å²) in [7, 11) is 1.39. The molecule has 0 aromatic heterocycles. The van der Waals surface area contributed by atoms with Crippen molar-refractivity contribution in [2.75, 3.05) is 7.11 Å². The molecule has 0 saturated heterocycles. The first-order chi connectivity index (χ1) is 7.76. The highest BCUT2D eigenvalue weighted by Crippen LogP contribution is 2.31. The first-order valence-corrected chi connectivity index (χ1v) is 5.32. The number of rotatable bonds is 2. The molecule has 1 aliphatic heterocycles. The van der Waals surface area contributed by atoms with E-state index in [1.807, 2.05) is 31.2 Å². The van der Waals surface area contributed by atoms with Crippen LogP contribution in [-0.4, -0.2) is 13.1 Å². The van der Waals surface area contributed by atoms with Crippen LogP contribution in [0.3, 0.4) is 0 Å². The topological polar surface area (TPSA) is 35.5 Å². The molecule has 0 atom stereocenters. The van der Waals surface area contributed by atoms with Gasteiger partial charge in [0.15, 0.2) is 0 Å². The minimum absolute atomic E-state index is 0.300. The van der Waals surface area contributed by atoms with Crippen molar-refractivity contribution in [3.05, 3.63) is 41.2 Å². The molecule has 1 heterocycles. The van der Waals surface area contributed by atoms with Crippen molar-refractivity contribution in [1.29, 1.82) is 0 Å². The molecule has 3 nitrogen and oxygen atoms in total. The predicted molar refractivity (Wildman–Crippen MR) is 60.1 cm³/mol. The van der Waals surface area contributed by atoms with Crippen LogP contribution in [0.1, 0.15) is 18.9 Å². The van der Waals surface area contributed by atoms with Crippen LogP contribution in [0.25, 0.3) is 0 Å². The maximum Gasteiger partial charge on any atom is 0.337 e. The lowest BCUT2D eigenvalue weighted by atomic mass is 9.99. The number of benzene rings is 1. The standard InChI is InChI=1S/C13H14O3/c1-3-11-10(13(14)15-2)8-9-6-4-5-7-12(9)16-11/h4-7H,3,8H2,1-2H3. The summed E-state index contributed by atoms with van der Waals surface area (Å²) < 4.78 is 10.5. The van der Waals surface area contributed by atoms with Crippen molar-refractivity contribution in [3.8, 4) is 5.75 Å². The Hall–Kier alpha value is -1.77. The van der Waals surface area contributed by atoms with Gasteiger partial charge in [0.05, 0.1) is 12.7 Å². The molecule has 2 rings (SSSR count). The minimum atomic E-state index is -0.300. The number of carbonyl (C=O) groups is 1. The van der Waals surface area contributed by atoms with Crippen LogP contribution in [-0.2, 0) is 16.0 Å². The van der Waals surface area contributed by atoms with E-state index in [1.165, 1.54) is 7.11 Å². The van der Waals surface area contributed by atoms with Crippen LogP contribution in [0.15, 0.2) is 35.6 Å². The zero-order valence-corrected chi connectivity index (χ0v) is 9.45. The highest BCUT2D eigenvalue weighted by Gasteiger charge is 2.23. The monoisotopic (exact) mass is 218 g/mol. The molecular weight excluding hydrogens is 204 g/mol. The predicted octanol–water partition coefficient (Wildman–Crippen LogP) is 2.46. The van der Waals surface area contributed by atoms with Gasteiger partial charge in [-0.15, -0.1) is 0 Å². The number of methoxy groups -OCH3 is 1. The van der Waals surface area contributed by atoms with Gasteiger partial charge in [-0.2, -0.15) is 0 Å². The van der Waals surface area contributed by atoms with Gasteiger partial charge in [0.1, 0.15) is 11.5 Å². The Morgan fingerprint density at radius 1 is 1.44 bits per heavy atom.